The van der Waals surface area contributed by atoms with E-state index in [0.717, 1.165) is 27.6 Å². The number of hydrogen-bond acceptors (Lipinski definition) is 1. The Hall–Kier alpha value is -5.08. The van der Waals surface area contributed by atoms with E-state index in [9.17, 15) is 0 Å². The van der Waals surface area contributed by atoms with Crippen molar-refractivity contribution in [1.82, 2.24) is 4.57 Å². The molecule has 0 atom stereocenters. The Bertz CT molecular complexity index is 2110. The fraction of sp³-hybridized carbons (Fsp3) is 0. The minimum absolute atomic E-state index is 0.900. The van der Waals surface area contributed by atoms with Gasteiger partial charge in [-0.3, -0.25) is 0 Å². The molecule has 0 N–H and O–H groups in total. The molecular formula is C36H23NO. The van der Waals surface area contributed by atoms with Crippen molar-refractivity contribution in [2.24, 2.45) is 0 Å². The highest BCUT2D eigenvalue weighted by Gasteiger charge is 2.20. The molecule has 0 aliphatic carbocycles. The summed E-state index contributed by atoms with van der Waals surface area (Å²) >= 11 is 0. The molecule has 2 aromatic heterocycles. The summed E-state index contributed by atoms with van der Waals surface area (Å²) in [6.07, 6.45) is 0. The van der Waals surface area contributed by atoms with Crippen LogP contribution in [0.1, 0.15) is 0 Å². The molecule has 2 nitrogen and oxygen atoms in total. The van der Waals surface area contributed by atoms with Crippen LogP contribution in [-0.4, -0.2) is 4.57 Å². The second-order valence-corrected chi connectivity index (χ2v) is 9.75. The van der Waals surface area contributed by atoms with Gasteiger partial charge in [-0.1, -0.05) is 103 Å². The summed E-state index contributed by atoms with van der Waals surface area (Å²) in [5, 5.41) is 4.77. The van der Waals surface area contributed by atoms with Gasteiger partial charge >= 0.3 is 0 Å². The quantitative estimate of drug-likeness (QED) is 0.243. The summed E-state index contributed by atoms with van der Waals surface area (Å²) in [6.45, 7) is 0. The summed E-state index contributed by atoms with van der Waals surface area (Å²) in [7, 11) is 0. The zero-order chi connectivity index (χ0) is 25.1. The second-order valence-electron chi connectivity index (χ2n) is 9.75. The summed E-state index contributed by atoms with van der Waals surface area (Å²) in [5.74, 6) is 0. The van der Waals surface area contributed by atoms with Gasteiger partial charge in [0, 0.05) is 16.2 Å². The number of nitrogens with zero attached hydrogens (tertiary/aromatic N) is 1. The van der Waals surface area contributed by atoms with E-state index in [0.29, 0.717) is 0 Å². The van der Waals surface area contributed by atoms with Crippen LogP contribution in [0.25, 0.3) is 71.7 Å². The van der Waals surface area contributed by atoms with E-state index in [1.54, 1.807) is 0 Å². The van der Waals surface area contributed by atoms with E-state index < -0.39 is 0 Å². The number of aromatic nitrogens is 1. The smallest absolute Gasteiger partial charge is 0.137 e. The molecule has 0 spiro atoms. The molecule has 38 heavy (non-hydrogen) atoms. The second kappa shape index (κ2) is 8.22. The predicted molar refractivity (Wildman–Crippen MR) is 159 cm³/mol. The normalized spacial score (nSPS) is 11.7. The molecule has 0 aliphatic heterocycles. The molecule has 0 unspecified atom stereocenters. The molecule has 0 radical (unpaired) electrons. The first-order chi connectivity index (χ1) is 18.9. The topological polar surface area (TPSA) is 18.1 Å². The van der Waals surface area contributed by atoms with E-state index in [4.69, 9.17) is 4.42 Å². The van der Waals surface area contributed by atoms with Gasteiger partial charge in [0.2, 0.25) is 0 Å². The highest BCUT2D eigenvalue weighted by atomic mass is 16.3. The lowest BCUT2D eigenvalue weighted by Crippen LogP contribution is -1.95. The van der Waals surface area contributed by atoms with Crippen molar-refractivity contribution in [1.29, 1.82) is 0 Å². The number of hydrogen-bond donors (Lipinski definition) is 0. The minimum atomic E-state index is 0.900. The third-order valence-electron chi connectivity index (χ3n) is 7.59. The summed E-state index contributed by atoms with van der Waals surface area (Å²) in [5.41, 5.74) is 10.2. The van der Waals surface area contributed by atoms with Gasteiger partial charge in [0.15, 0.2) is 0 Å². The van der Waals surface area contributed by atoms with Crippen LogP contribution < -0.4 is 0 Å². The number of furan rings is 1. The van der Waals surface area contributed by atoms with E-state index in [1.165, 1.54) is 44.1 Å². The Balaban J connectivity index is 1.58. The zero-order valence-electron chi connectivity index (χ0n) is 20.6. The van der Waals surface area contributed by atoms with Crippen molar-refractivity contribution in [3.63, 3.8) is 0 Å². The van der Waals surface area contributed by atoms with Crippen LogP contribution in [0.2, 0.25) is 0 Å². The molecule has 0 bridgehead atoms. The fourth-order valence-corrected chi connectivity index (χ4v) is 5.94. The van der Waals surface area contributed by atoms with Gasteiger partial charge in [-0.25, -0.2) is 0 Å². The minimum Gasteiger partial charge on any atom is -0.456 e. The molecule has 8 rings (SSSR count). The molecule has 2 heterocycles. The lowest BCUT2D eigenvalue weighted by atomic mass is 9.94. The molecule has 0 fully saturated rings. The maximum Gasteiger partial charge on any atom is 0.137 e. The van der Waals surface area contributed by atoms with Crippen molar-refractivity contribution in [2.75, 3.05) is 0 Å². The van der Waals surface area contributed by atoms with Crippen LogP contribution in [-0.2, 0) is 0 Å². The van der Waals surface area contributed by atoms with E-state index >= 15 is 0 Å². The molecule has 0 saturated heterocycles. The highest BCUT2D eigenvalue weighted by Crippen LogP contribution is 2.43. The van der Waals surface area contributed by atoms with Gasteiger partial charge in [0.25, 0.3) is 0 Å². The van der Waals surface area contributed by atoms with Crippen LogP contribution in [0.15, 0.2) is 144 Å². The highest BCUT2D eigenvalue weighted by molar-refractivity contribution is 6.19. The average Bonchev–Trinajstić information content (AvgIpc) is 3.53. The van der Waals surface area contributed by atoms with E-state index in [2.05, 4.69) is 132 Å². The number of benzene rings is 6. The van der Waals surface area contributed by atoms with Crippen molar-refractivity contribution >= 4 is 43.7 Å². The van der Waals surface area contributed by atoms with Gasteiger partial charge in [-0.05, 0) is 58.7 Å². The Morgan fingerprint density at radius 1 is 0.421 bits per heavy atom. The lowest BCUT2D eigenvalue weighted by Gasteiger charge is -2.13. The van der Waals surface area contributed by atoms with Crippen molar-refractivity contribution < 1.29 is 4.42 Å². The van der Waals surface area contributed by atoms with Crippen molar-refractivity contribution in [3.05, 3.63) is 140 Å². The molecule has 0 saturated carbocycles. The number of rotatable bonds is 3. The molecule has 6 aromatic carbocycles. The third kappa shape index (κ3) is 3.07. The van der Waals surface area contributed by atoms with Gasteiger partial charge in [-0.2, -0.15) is 0 Å². The Kier molecular flexibility index (Phi) is 4.55. The first kappa shape index (κ1) is 21.0. The first-order valence-electron chi connectivity index (χ1n) is 13.0. The predicted octanol–water partition coefficient (Wildman–Crippen LogP) is 10.0. The molecule has 0 aliphatic rings. The van der Waals surface area contributed by atoms with Gasteiger partial charge in [-0.15, -0.1) is 0 Å². The summed E-state index contributed by atoms with van der Waals surface area (Å²) < 4.78 is 8.71. The van der Waals surface area contributed by atoms with Crippen LogP contribution in [0.3, 0.4) is 0 Å². The largest absolute Gasteiger partial charge is 0.456 e. The fourth-order valence-electron chi connectivity index (χ4n) is 5.94. The van der Waals surface area contributed by atoms with Crippen LogP contribution in [0, 0.1) is 0 Å². The monoisotopic (exact) mass is 485 g/mol. The van der Waals surface area contributed by atoms with Gasteiger partial charge in [0.1, 0.15) is 11.2 Å². The molecule has 2 heteroatoms. The molecule has 178 valence electrons. The lowest BCUT2D eigenvalue weighted by molar-refractivity contribution is 0.669. The van der Waals surface area contributed by atoms with Crippen molar-refractivity contribution in [3.8, 4) is 27.9 Å². The maximum atomic E-state index is 6.29. The average molecular weight is 486 g/mol. The zero-order valence-corrected chi connectivity index (χ0v) is 20.6. The van der Waals surface area contributed by atoms with Gasteiger partial charge < -0.3 is 8.98 Å². The maximum absolute atomic E-state index is 6.29. The Morgan fingerprint density at radius 3 is 1.89 bits per heavy atom. The summed E-state index contributed by atoms with van der Waals surface area (Å²) in [4.78, 5) is 0. The van der Waals surface area contributed by atoms with Crippen molar-refractivity contribution in [2.45, 2.75) is 0 Å². The molecule has 0 amide bonds. The molecular weight excluding hydrogens is 462 g/mol. The summed E-state index contributed by atoms with van der Waals surface area (Å²) in [6, 6.07) is 49.5. The SMILES string of the molecule is c1ccc(-c2cc(-c3ccccc3)c3c4ccccc4n(-c4cccc5oc6ccccc6c45)c3c2)cc1. The first-order valence-corrected chi connectivity index (χ1v) is 13.0. The standard InChI is InChI=1S/C36H23NO/c1-3-12-24(13-4-1)26-22-29(25-14-5-2-6-15-25)35-27-16-7-9-18-30(27)37(32(35)23-26)31-19-11-21-34-36(31)28-17-8-10-20-33(28)38-34/h1-23H. The third-order valence-corrected chi connectivity index (χ3v) is 7.59. The van der Waals surface area contributed by atoms with E-state index in [-0.39, 0.29) is 0 Å². The Labute approximate surface area is 220 Å². The van der Waals surface area contributed by atoms with Gasteiger partial charge in [0.05, 0.1) is 22.1 Å². The van der Waals surface area contributed by atoms with Crippen LogP contribution in [0.4, 0.5) is 0 Å². The Morgan fingerprint density at radius 2 is 1.08 bits per heavy atom. The van der Waals surface area contributed by atoms with Crippen LogP contribution in [0.5, 0.6) is 0 Å². The number of fused-ring (bicyclic) bond motifs is 6. The van der Waals surface area contributed by atoms with E-state index in [1.807, 2.05) is 12.1 Å². The molecule has 8 aromatic rings. The van der Waals surface area contributed by atoms with Crippen LogP contribution >= 0.6 is 0 Å². The number of para-hydroxylation sites is 2.